The number of imide groups is 1. The van der Waals surface area contributed by atoms with Crippen molar-refractivity contribution >= 4 is 23.6 Å². The van der Waals surface area contributed by atoms with Crippen molar-refractivity contribution in [2.24, 2.45) is 0 Å². The number of nitrogens with zero attached hydrogens (tertiary/aromatic N) is 2. The lowest BCUT2D eigenvalue weighted by Gasteiger charge is -2.39. The molecule has 2 aliphatic heterocycles. The second-order valence-electron chi connectivity index (χ2n) is 9.81. The third kappa shape index (κ3) is 4.75. The number of aliphatic hydroxyl groups excluding tert-OH is 1. The average Bonchev–Trinajstić information content (AvgIpc) is 3.21. The molecule has 2 aromatic carbocycles. The molecule has 3 N–H and O–H groups in total. The quantitative estimate of drug-likeness (QED) is 0.488. The van der Waals surface area contributed by atoms with E-state index >= 15 is 0 Å². The molecule has 2 fully saturated rings. The molecule has 1 unspecified atom stereocenters. The van der Waals surface area contributed by atoms with Crippen molar-refractivity contribution in [1.82, 2.24) is 15.1 Å². The highest BCUT2D eigenvalue weighted by atomic mass is 16.5. The number of benzene rings is 2. The molecule has 2 aromatic rings. The average molecular weight is 510 g/mol. The number of amides is 4. The topological polar surface area (TPSA) is 136 Å². The Morgan fingerprint density at radius 1 is 1.03 bits per heavy atom. The van der Waals surface area contributed by atoms with E-state index in [2.05, 4.69) is 5.32 Å². The number of nitrogens with one attached hydrogen (secondary N) is 1. The molecule has 2 aliphatic rings. The first-order valence-electron chi connectivity index (χ1n) is 12.1. The van der Waals surface area contributed by atoms with Crippen LogP contribution in [-0.2, 0) is 9.53 Å². The highest BCUT2D eigenvalue weighted by Gasteiger charge is 2.59. The minimum absolute atomic E-state index is 0.164. The van der Waals surface area contributed by atoms with Crippen LogP contribution in [0.4, 0.5) is 9.59 Å². The second-order valence-corrected chi connectivity index (χ2v) is 9.81. The van der Waals surface area contributed by atoms with Crippen LogP contribution in [0.25, 0.3) is 0 Å². The number of hydrogen-bond donors (Lipinski definition) is 3. The Balaban J connectivity index is 1.72. The summed E-state index contributed by atoms with van der Waals surface area (Å²) < 4.78 is 5.92. The normalized spacial score (nSPS) is 24.8. The van der Waals surface area contributed by atoms with Crippen molar-refractivity contribution in [3.8, 4) is 0 Å². The molecule has 196 valence electrons. The Kier molecular flexibility index (Phi) is 7.18. The van der Waals surface area contributed by atoms with Crippen LogP contribution < -0.4 is 5.32 Å². The maximum atomic E-state index is 13.7. The first-order valence-corrected chi connectivity index (χ1v) is 12.1. The van der Waals surface area contributed by atoms with E-state index in [9.17, 15) is 29.4 Å². The molecule has 0 spiro atoms. The highest BCUT2D eigenvalue weighted by Crippen LogP contribution is 2.39. The van der Waals surface area contributed by atoms with E-state index in [0.717, 1.165) is 4.90 Å². The third-order valence-electron chi connectivity index (χ3n) is 7.02. The van der Waals surface area contributed by atoms with Crippen LogP contribution in [0.1, 0.15) is 53.4 Å². The van der Waals surface area contributed by atoms with Gasteiger partial charge in [0.2, 0.25) is 0 Å². The van der Waals surface area contributed by atoms with Gasteiger partial charge in [0.25, 0.3) is 0 Å². The standard InChI is InChI=1S/C27H31N3O7/c1-15(2)29-14-30(26(35)28-25(29)34)20-13-27(36,23(33)19-12-8-6-10-17(19)4)24(37-20)22(32)21(31)18-11-7-5-9-16(18)3/h5-12,15,20-21,24,31,36H,13-14H2,1-4H3,(H,28,34,35)/t20-,21?,24-,27-/m1/s1. The molecule has 2 heterocycles. The molecular formula is C27H31N3O7. The molecule has 4 atom stereocenters. The zero-order chi connectivity index (χ0) is 27.1. The summed E-state index contributed by atoms with van der Waals surface area (Å²) >= 11 is 0. The van der Waals surface area contributed by atoms with Crippen molar-refractivity contribution in [3.05, 3.63) is 70.8 Å². The van der Waals surface area contributed by atoms with Crippen molar-refractivity contribution < 1.29 is 34.1 Å². The lowest BCUT2D eigenvalue weighted by molar-refractivity contribution is -0.150. The number of aryl methyl sites for hydroxylation is 2. The van der Waals surface area contributed by atoms with Crippen LogP contribution >= 0.6 is 0 Å². The van der Waals surface area contributed by atoms with Crippen molar-refractivity contribution in [2.75, 3.05) is 6.67 Å². The maximum Gasteiger partial charge on any atom is 0.328 e. The number of ketones is 2. The molecule has 4 rings (SSSR count). The number of rotatable bonds is 7. The van der Waals surface area contributed by atoms with Gasteiger partial charge in [0.15, 0.2) is 23.3 Å². The summed E-state index contributed by atoms with van der Waals surface area (Å²) in [5.74, 6) is -1.66. The van der Waals surface area contributed by atoms with Crippen LogP contribution in [0.5, 0.6) is 0 Å². The van der Waals surface area contributed by atoms with Crippen molar-refractivity contribution in [1.29, 1.82) is 0 Å². The molecule has 0 bridgehead atoms. The fraction of sp³-hybridized carbons (Fsp3) is 0.407. The Labute approximate surface area is 214 Å². The molecule has 2 saturated heterocycles. The summed E-state index contributed by atoms with van der Waals surface area (Å²) in [6.07, 6.45) is -5.09. The molecule has 10 heteroatoms. The molecule has 0 aliphatic carbocycles. The SMILES string of the molecule is Cc1ccccc1C(=O)[C@]1(O)C[C@H](N2CN(C(C)C)C(=O)NC2=O)O[C@@H]1C(=O)C(O)c1ccccc1C. The van der Waals surface area contributed by atoms with Crippen LogP contribution in [0, 0.1) is 13.8 Å². The minimum Gasteiger partial charge on any atom is -0.380 e. The number of urea groups is 2. The van der Waals surface area contributed by atoms with Gasteiger partial charge in [-0.25, -0.2) is 9.59 Å². The van der Waals surface area contributed by atoms with E-state index in [1.54, 1.807) is 70.2 Å². The van der Waals surface area contributed by atoms with Crippen molar-refractivity contribution in [3.63, 3.8) is 0 Å². The number of hydrogen-bond acceptors (Lipinski definition) is 7. The summed E-state index contributed by atoms with van der Waals surface area (Å²) in [5, 5.41) is 25.0. The van der Waals surface area contributed by atoms with Crippen LogP contribution in [0.2, 0.25) is 0 Å². The molecule has 0 aromatic heterocycles. The maximum absolute atomic E-state index is 13.7. The zero-order valence-corrected chi connectivity index (χ0v) is 21.2. The van der Waals surface area contributed by atoms with Gasteiger partial charge in [-0.2, -0.15) is 0 Å². The Hall–Kier alpha value is -3.60. The number of ether oxygens (including phenoxy) is 1. The lowest BCUT2D eigenvalue weighted by atomic mass is 9.81. The molecule has 0 saturated carbocycles. The predicted molar refractivity (Wildman–Crippen MR) is 132 cm³/mol. The molecule has 4 amide bonds. The molecule has 0 radical (unpaired) electrons. The summed E-state index contributed by atoms with van der Waals surface area (Å²) in [5.41, 5.74) is -0.630. The summed E-state index contributed by atoms with van der Waals surface area (Å²) in [6, 6.07) is 11.7. The van der Waals surface area contributed by atoms with Gasteiger partial charge >= 0.3 is 12.1 Å². The van der Waals surface area contributed by atoms with Gasteiger partial charge in [0.05, 0.1) is 0 Å². The largest absolute Gasteiger partial charge is 0.380 e. The summed E-state index contributed by atoms with van der Waals surface area (Å²) in [6.45, 7) is 6.80. The lowest BCUT2D eigenvalue weighted by Crippen LogP contribution is -2.63. The van der Waals surface area contributed by atoms with Crippen LogP contribution in [0.3, 0.4) is 0 Å². The zero-order valence-electron chi connectivity index (χ0n) is 21.2. The van der Waals surface area contributed by atoms with E-state index in [1.165, 1.54) is 11.0 Å². The smallest absolute Gasteiger partial charge is 0.328 e. The van der Waals surface area contributed by atoms with E-state index in [4.69, 9.17) is 4.74 Å². The minimum atomic E-state index is -2.37. The van der Waals surface area contributed by atoms with E-state index in [1.807, 2.05) is 0 Å². The van der Waals surface area contributed by atoms with Gasteiger partial charge < -0.3 is 19.8 Å². The fourth-order valence-electron chi connectivity index (χ4n) is 4.79. The van der Waals surface area contributed by atoms with Gasteiger partial charge in [0, 0.05) is 18.0 Å². The fourth-order valence-corrected chi connectivity index (χ4v) is 4.79. The monoisotopic (exact) mass is 509 g/mol. The van der Waals surface area contributed by atoms with Gasteiger partial charge in [-0.3, -0.25) is 19.8 Å². The summed E-state index contributed by atoms with van der Waals surface area (Å²) in [7, 11) is 0. The van der Waals surface area contributed by atoms with Gasteiger partial charge in [0.1, 0.15) is 19.0 Å². The first-order chi connectivity index (χ1) is 17.5. The molecule has 10 nitrogen and oxygen atoms in total. The van der Waals surface area contributed by atoms with E-state index in [0.29, 0.717) is 16.7 Å². The van der Waals surface area contributed by atoms with Gasteiger partial charge in [-0.05, 0) is 44.4 Å². The van der Waals surface area contributed by atoms with Crippen molar-refractivity contribution in [2.45, 2.75) is 64.2 Å². The molecule has 37 heavy (non-hydrogen) atoms. The summed E-state index contributed by atoms with van der Waals surface area (Å²) in [4.78, 5) is 54.8. The second kappa shape index (κ2) is 10.0. The number of Topliss-reactive ketones (excluding diaryl/α,β-unsaturated/α-hetero) is 2. The van der Waals surface area contributed by atoms with Crippen LogP contribution in [0.15, 0.2) is 48.5 Å². The Morgan fingerprint density at radius 3 is 2.27 bits per heavy atom. The predicted octanol–water partition coefficient (Wildman–Crippen LogP) is 2.45. The van der Waals surface area contributed by atoms with E-state index < -0.39 is 54.1 Å². The first kappa shape index (κ1) is 26.5. The van der Waals surface area contributed by atoms with Gasteiger partial charge in [-0.15, -0.1) is 0 Å². The third-order valence-corrected chi connectivity index (χ3v) is 7.02. The number of carbonyl (C=O) groups is 4. The van der Waals surface area contributed by atoms with E-state index in [-0.39, 0.29) is 18.3 Å². The van der Waals surface area contributed by atoms with Crippen LogP contribution in [-0.4, -0.2) is 74.3 Å². The van der Waals surface area contributed by atoms with Gasteiger partial charge in [-0.1, -0.05) is 48.5 Å². The Bertz CT molecular complexity index is 1250. The molecular weight excluding hydrogens is 478 g/mol. The number of carbonyl (C=O) groups excluding carboxylic acids is 4. The highest BCUT2D eigenvalue weighted by molar-refractivity contribution is 6.08. The number of aliphatic hydroxyl groups is 2. The Morgan fingerprint density at radius 2 is 1.65 bits per heavy atom.